The molecule has 0 fully saturated rings. The molecular weight excluding hydrogens is 326 g/mol. The molecule has 134 valence electrons. The summed E-state index contributed by atoms with van der Waals surface area (Å²) in [6.45, 7) is 3.10. The lowest BCUT2D eigenvalue weighted by atomic mass is 10.1. The van der Waals surface area contributed by atoms with Gasteiger partial charge in [0, 0.05) is 25.1 Å². The van der Waals surface area contributed by atoms with Gasteiger partial charge in [-0.3, -0.25) is 4.98 Å². The molecule has 1 aromatic carbocycles. The average Bonchev–Trinajstić information content (AvgIpc) is 3.10. The van der Waals surface area contributed by atoms with Crippen LogP contribution >= 0.6 is 0 Å². The first-order valence-corrected chi connectivity index (χ1v) is 8.73. The van der Waals surface area contributed by atoms with Gasteiger partial charge in [-0.05, 0) is 37.5 Å². The Labute approximate surface area is 153 Å². The smallest absolute Gasteiger partial charge is 0.319 e. The second-order valence-corrected chi connectivity index (χ2v) is 6.07. The van der Waals surface area contributed by atoms with Crippen LogP contribution in [0.3, 0.4) is 0 Å². The van der Waals surface area contributed by atoms with E-state index in [1.54, 1.807) is 18.5 Å². The number of pyridine rings is 1. The van der Waals surface area contributed by atoms with Gasteiger partial charge in [-0.15, -0.1) is 0 Å². The van der Waals surface area contributed by atoms with E-state index in [4.69, 9.17) is 0 Å². The van der Waals surface area contributed by atoms with Gasteiger partial charge in [0.25, 0.3) is 0 Å². The molecule has 0 radical (unpaired) electrons. The summed E-state index contributed by atoms with van der Waals surface area (Å²) in [5, 5.41) is 5.66. The summed E-state index contributed by atoms with van der Waals surface area (Å²) in [6, 6.07) is 13.8. The third-order valence-electron chi connectivity index (χ3n) is 4.17. The van der Waals surface area contributed by atoms with Crippen molar-refractivity contribution in [2.45, 2.75) is 32.9 Å². The molecule has 2 amide bonds. The summed E-state index contributed by atoms with van der Waals surface area (Å²) in [4.78, 5) is 20.6. The highest BCUT2D eigenvalue weighted by molar-refractivity contribution is 5.89. The number of benzene rings is 1. The van der Waals surface area contributed by atoms with Gasteiger partial charge in [0.1, 0.15) is 5.82 Å². The standard InChI is InChI=1S/C20H23N5O/c1-16-18(10-5-11-21-16)24-20(26)23-15-19-22-12-14-25(19)13-6-9-17-7-3-2-4-8-17/h2-5,7-8,10-12,14H,6,9,13,15H2,1H3,(H2,23,24,26). The Bertz CT molecular complexity index is 844. The first-order valence-electron chi connectivity index (χ1n) is 8.73. The van der Waals surface area contributed by atoms with Crippen molar-refractivity contribution in [3.05, 3.63) is 78.1 Å². The van der Waals surface area contributed by atoms with Crippen molar-refractivity contribution in [3.63, 3.8) is 0 Å². The Morgan fingerprint density at radius 3 is 2.73 bits per heavy atom. The van der Waals surface area contributed by atoms with Crippen LogP contribution in [0.1, 0.15) is 23.5 Å². The summed E-state index contributed by atoms with van der Waals surface area (Å²) in [5.74, 6) is 0.844. The van der Waals surface area contributed by atoms with E-state index < -0.39 is 0 Å². The van der Waals surface area contributed by atoms with Gasteiger partial charge < -0.3 is 15.2 Å². The molecule has 0 aliphatic heterocycles. The molecule has 26 heavy (non-hydrogen) atoms. The molecular formula is C20H23N5O. The van der Waals surface area contributed by atoms with E-state index in [9.17, 15) is 4.79 Å². The Hall–Kier alpha value is -3.15. The largest absolute Gasteiger partial charge is 0.333 e. The SMILES string of the molecule is Cc1ncccc1NC(=O)NCc1nccn1CCCc1ccccc1. The molecule has 0 atom stereocenters. The van der Waals surface area contributed by atoms with E-state index in [2.05, 4.69) is 49.4 Å². The molecule has 0 aliphatic carbocycles. The number of amides is 2. The minimum absolute atomic E-state index is 0.264. The number of anilines is 1. The molecule has 0 aliphatic rings. The number of hydrogen-bond acceptors (Lipinski definition) is 3. The van der Waals surface area contributed by atoms with Crippen molar-refractivity contribution in [1.29, 1.82) is 0 Å². The van der Waals surface area contributed by atoms with Gasteiger partial charge in [-0.25, -0.2) is 9.78 Å². The van der Waals surface area contributed by atoms with Gasteiger partial charge in [-0.2, -0.15) is 0 Å². The van der Waals surface area contributed by atoms with Crippen molar-refractivity contribution in [3.8, 4) is 0 Å². The zero-order valence-corrected chi connectivity index (χ0v) is 14.9. The van der Waals surface area contributed by atoms with E-state index in [0.29, 0.717) is 12.2 Å². The van der Waals surface area contributed by atoms with Crippen molar-refractivity contribution >= 4 is 11.7 Å². The molecule has 6 nitrogen and oxygen atoms in total. The lowest BCUT2D eigenvalue weighted by Gasteiger charge is -2.11. The highest BCUT2D eigenvalue weighted by atomic mass is 16.2. The van der Waals surface area contributed by atoms with Crippen LogP contribution in [0.15, 0.2) is 61.1 Å². The highest BCUT2D eigenvalue weighted by Crippen LogP contribution is 2.10. The number of urea groups is 1. The maximum atomic E-state index is 12.1. The number of hydrogen-bond donors (Lipinski definition) is 2. The summed E-state index contributed by atoms with van der Waals surface area (Å²) in [6.07, 6.45) is 7.46. The van der Waals surface area contributed by atoms with Crippen LogP contribution in [0.4, 0.5) is 10.5 Å². The topological polar surface area (TPSA) is 71.8 Å². The maximum absolute atomic E-state index is 12.1. The van der Waals surface area contributed by atoms with Crippen molar-refractivity contribution in [2.24, 2.45) is 0 Å². The van der Waals surface area contributed by atoms with Gasteiger partial charge in [0.15, 0.2) is 0 Å². The van der Waals surface area contributed by atoms with E-state index in [1.807, 2.05) is 25.3 Å². The van der Waals surface area contributed by atoms with E-state index in [1.165, 1.54) is 5.56 Å². The number of rotatable bonds is 7. The summed E-state index contributed by atoms with van der Waals surface area (Å²) < 4.78 is 2.08. The molecule has 0 bridgehead atoms. The third kappa shape index (κ3) is 4.92. The quantitative estimate of drug-likeness (QED) is 0.685. The van der Waals surface area contributed by atoms with Crippen molar-refractivity contribution in [2.75, 3.05) is 5.32 Å². The molecule has 0 unspecified atom stereocenters. The van der Waals surface area contributed by atoms with Crippen LogP contribution in [-0.2, 0) is 19.5 Å². The maximum Gasteiger partial charge on any atom is 0.319 e. The van der Waals surface area contributed by atoms with Crippen LogP contribution in [0.2, 0.25) is 0 Å². The van der Waals surface area contributed by atoms with E-state index >= 15 is 0 Å². The van der Waals surface area contributed by atoms with Crippen LogP contribution in [0.5, 0.6) is 0 Å². The third-order valence-corrected chi connectivity index (χ3v) is 4.17. The number of carbonyl (C=O) groups excluding carboxylic acids is 1. The zero-order valence-electron chi connectivity index (χ0n) is 14.9. The molecule has 6 heteroatoms. The summed E-state index contributed by atoms with van der Waals surface area (Å²) in [7, 11) is 0. The first-order chi connectivity index (χ1) is 12.7. The molecule has 0 saturated heterocycles. The highest BCUT2D eigenvalue weighted by Gasteiger charge is 2.07. The minimum atomic E-state index is -0.264. The average molecular weight is 349 g/mol. The van der Waals surface area contributed by atoms with Crippen LogP contribution in [0.25, 0.3) is 0 Å². The van der Waals surface area contributed by atoms with Crippen molar-refractivity contribution < 1.29 is 4.79 Å². The second kappa shape index (κ2) is 8.80. The molecule has 2 N–H and O–H groups in total. The van der Waals surface area contributed by atoms with Gasteiger partial charge in [-0.1, -0.05) is 30.3 Å². The number of aromatic nitrogens is 3. The Morgan fingerprint density at radius 1 is 1.08 bits per heavy atom. The summed E-state index contributed by atoms with van der Waals surface area (Å²) in [5.41, 5.74) is 2.82. The Kier molecular flexibility index (Phi) is 5.98. The van der Waals surface area contributed by atoms with E-state index in [0.717, 1.165) is 30.9 Å². The Balaban J connectivity index is 1.47. The molecule has 3 aromatic rings. The van der Waals surface area contributed by atoms with Crippen LogP contribution < -0.4 is 10.6 Å². The molecule has 3 rings (SSSR count). The monoisotopic (exact) mass is 349 g/mol. The lowest BCUT2D eigenvalue weighted by molar-refractivity contribution is 0.251. The number of nitrogens with one attached hydrogen (secondary N) is 2. The van der Waals surface area contributed by atoms with Gasteiger partial charge in [0.05, 0.1) is 17.9 Å². The van der Waals surface area contributed by atoms with Crippen molar-refractivity contribution in [1.82, 2.24) is 19.9 Å². The van der Waals surface area contributed by atoms with Crippen LogP contribution in [0, 0.1) is 6.92 Å². The lowest BCUT2D eigenvalue weighted by Crippen LogP contribution is -2.29. The zero-order chi connectivity index (χ0) is 18.2. The van der Waals surface area contributed by atoms with Crippen LogP contribution in [-0.4, -0.2) is 20.6 Å². The fourth-order valence-electron chi connectivity index (χ4n) is 2.75. The fourth-order valence-corrected chi connectivity index (χ4v) is 2.75. The first kappa shape index (κ1) is 17.7. The molecule has 2 heterocycles. The molecule has 0 saturated carbocycles. The number of carbonyl (C=O) groups is 1. The number of aryl methyl sites for hydroxylation is 3. The van der Waals surface area contributed by atoms with Gasteiger partial charge in [0.2, 0.25) is 0 Å². The number of nitrogens with zero attached hydrogens (tertiary/aromatic N) is 3. The van der Waals surface area contributed by atoms with Gasteiger partial charge >= 0.3 is 6.03 Å². The normalized spacial score (nSPS) is 10.5. The number of imidazole rings is 1. The predicted octanol–water partition coefficient (Wildman–Crippen LogP) is 3.54. The Morgan fingerprint density at radius 2 is 1.92 bits per heavy atom. The molecule has 0 spiro atoms. The minimum Gasteiger partial charge on any atom is -0.333 e. The predicted molar refractivity (Wildman–Crippen MR) is 102 cm³/mol. The second-order valence-electron chi connectivity index (χ2n) is 6.07. The van der Waals surface area contributed by atoms with E-state index in [-0.39, 0.29) is 6.03 Å². The molecule has 2 aromatic heterocycles. The summed E-state index contributed by atoms with van der Waals surface area (Å²) >= 11 is 0. The fraction of sp³-hybridized carbons (Fsp3) is 0.250.